The lowest BCUT2D eigenvalue weighted by Crippen LogP contribution is -2.63. The zero-order valence-corrected chi connectivity index (χ0v) is 19.0. The van der Waals surface area contributed by atoms with Gasteiger partial charge in [0, 0.05) is 36.1 Å². The predicted molar refractivity (Wildman–Crippen MR) is 111 cm³/mol. The fraction of sp³-hybridized carbons (Fsp3) is 0.864. The first-order valence-corrected chi connectivity index (χ1v) is 10.8. The van der Waals surface area contributed by atoms with Crippen LogP contribution in [0.2, 0.25) is 0 Å². The summed E-state index contributed by atoms with van der Waals surface area (Å²) in [6, 6.07) is -0.121. The molecular weight excluding hydrogens is 372 g/mol. The van der Waals surface area contributed by atoms with Gasteiger partial charge in [-0.2, -0.15) is 0 Å². The first-order valence-electron chi connectivity index (χ1n) is 10.8. The smallest absolute Gasteiger partial charge is 0.409 e. The van der Waals surface area contributed by atoms with Crippen molar-refractivity contribution in [2.75, 3.05) is 26.8 Å². The monoisotopic (exact) mass is 410 g/mol. The standard InChI is InChI=1S/C22H38N2O5/c1-7-29-19(26)14-18(25)16-9-12-23(20(27)28-6)17(13-16)15-24-21(2,3)10-8-11-22(24,4)5/h16-17H,7-15H2,1-6H3. The Hall–Kier alpha value is -1.63. The molecule has 0 aromatic carbocycles. The predicted octanol–water partition coefficient (Wildman–Crippen LogP) is 3.40. The molecule has 0 aromatic heterocycles. The van der Waals surface area contributed by atoms with E-state index in [-0.39, 0.29) is 47.9 Å². The number of carbonyl (C=O) groups is 3. The van der Waals surface area contributed by atoms with Gasteiger partial charge < -0.3 is 14.4 Å². The zero-order chi connectivity index (χ0) is 21.8. The van der Waals surface area contributed by atoms with Crippen LogP contribution in [0, 0.1) is 5.92 Å². The van der Waals surface area contributed by atoms with Gasteiger partial charge in [0.2, 0.25) is 0 Å². The van der Waals surface area contributed by atoms with Crippen molar-refractivity contribution in [1.82, 2.24) is 9.80 Å². The van der Waals surface area contributed by atoms with Crippen molar-refractivity contribution >= 4 is 17.8 Å². The van der Waals surface area contributed by atoms with Gasteiger partial charge in [-0.3, -0.25) is 14.5 Å². The van der Waals surface area contributed by atoms with Gasteiger partial charge in [-0.25, -0.2) is 4.79 Å². The van der Waals surface area contributed by atoms with Gasteiger partial charge in [0.15, 0.2) is 0 Å². The van der Waals surface area contributed by atoms with Crippen molar-refractivity contribution in [3.05, 3.63) is 0 Å². The molecule has 2 aliphatic heterocycles. The van der Waals surface area contributed by atoms with Crippen molar-refractivity contribution in [3.8, 4) is 0 Å². The fourth-order valence-electron chi connectivity index (χ4n) is 5.12. The van der Waals surface area contributed by atoms with Crippen LogP contribution in [0.3, 0.4) is 0 Å². The normalized spacial score (nSPS) is 26.6. The molecule has 166 valence electrons. The number of rotatable bonds is 6. The second-order valence-corrected chi connectivity index (χ2v) is 9.58. The first-order chi connectivity index (χ1) is 13.5. The Bertz CT molecular complexity index is 600. The van der Waals surface area contributed by atoms with E-state index in [9.17, 15) is 14.4 Å². The molecule has 29 heavy (non-hydrogen) atoms. The number of Topliss-reactive ketones (excluding diaryl/α,β-unsaturated/α-hetero) is 1. The van der Waals surface area contributed by atoms with Crippen molar-refractivity contribution < 1.29 is 23.9 Å². The molecule has 0 N–H and O–H groups in total. The molecule has 2 saturated heterocycles. The molecule has 0 saturated carbocycles. The summed E-state index contributed by atoms with van der Waals surface area (Å²) in [6.45, 7) is 12.2. The van der Waals surface area contributed by atoms with E-state index in [0.29, 0.717) is 25.9 Å². The second kappa shape index (κ2) is 9.45. The van der Waals surface area contributed by atoms with Crippen LogP contribution in [0.5, 0.6) is 0 Å². The van der Waals surface area contributed by atoms with Gasteiger partial charge in [-0.15, -0.1) is 0 Å². The van der Waals surface area contributed by atoms with Crippen LogP contribution >= 0.6 is 0 Å². The van der Waals surface area contributed by atoms with Crippen LogP contribution in [0.25, 0.3) is 0 Å². The van der Waals surface area contributed by atoms with Crippen LogP contribution in [0.4, 0.5) is 4.79 Å². The number of amides is 1. The largest absolute Gasteiger partial charge is 0.466 e. The number of likely N-dealkylation sites (tertiary alicyclic amines) is 2. The Morgan fingerprint density at radius 2 is 1.69 bits per heavy atom. The van der Waals surface area contributed by atoms with E-state index in [1.54, 1.807) is 11.8 Å². The lowest BCUT2D eigenvalue weighted by Gasteiger charge is -2.55. The van der Waals surface area contributed by atoms with Crippen LogP contribution in [-0.2, 0) is 19.1 Å². The van der Waals surface area contributed by atoms with E-state index in [1.165, 1.54) is 13.5 Å². The minimum Gasteiger partial charge on any atom is -0.466 e. The lowest BCUT2D eigenvalue weighted by atomic mass is 9.78. The fourth-order valence-corrected chi connectivity index (χ4v) is 5.12. The Kier molecular flexibility index (Phi) is 7.71. The summed E-state index contributed by atoms with van der Waals surface area (Å²) < 4.78 is 9.95. The number of methoxy groups -OCH3 is 1. The second-order valence-electron chi connectivity index (χ2n) is 9.58. The molecule has 0 aliphatic carbocycles. The molecule has 7 nitrogen and oxygen atoms in total. The molecule has 2 unspecified atom stereocenters. The number of piperidine rings is 2. The molecule has 0 spiro atoms. The average molecular weight is 411 g/mol. The third-order valence-electron chi connectivity index (χ3n) is 6.64. The van der Waals surface area contributed by atoms with Crippen molar-refractivity contribution in [2.45, 2.75) is 90.3 Å². The van der Waals surface area contributed by atoms with Gasteiger partial charge in [0.1, 0.15) is 12.2 Å². The Morgan fingerprint density at radius 3 is 2.24 bits per heavy atom. The molecule has 7 heteroatoms. The topological polar surface area (TPSA) is 76.2 Å². The molecule has 2 aliphatic rings. The van der Waals surface area contributed by atoms with Crippen LogP contribution in [0.1, 0.15) is 73.1 Å². The van der Waals surface area contributed by atoms with Crippen LogP contribution in [-0.4, -0.2) is 71.6 Å². The summed E-state index contributed by atoms with van der Waals surface area (Å²) in [4.78, 5) is 41.1. The number of carbonyl (C=O) groups excluding carboxylic acids is 3. The summed E-state index contributed by atoms with van der Waals surface area (Å²) in [5, 5.41) is 0. The first kappa shape index (κ1) is 23.6. The van der Waals surface area contributed by atoms with Crippen molar-refractivity contribution in [3.63, 3.8) is 0 Å². The van der Waals surface area contributed by atoms with Gasteiger partial charge in [-0.05, 0) is 66.7 Å². The molecule has 0 aromatic rings. The van der Waals surface area contributed by atoms with E-state index < -0.39 is 5.97 Å². The van der Waals surface area contributed by atoms with Crippen molar-refractivity contribution in [1.29, 1.82) is 0 Å². The van der Waals surface area contributed by atoms with E-state index in [1.807, 2.05) is 0 Å². The highest BCUT2D eigenvalue weighted by molar-refractivity contribution is 5.96. The van der Waals surface area contributed by atoms with E-state index in [2.05, 4.69) is 32.6 Å². The van der Waals surface area contributed by atoms with Crippen LogP contribution in [0.15, 0.2) is 0 Å². The number of hydrogen-bond acceptors (Lipinski definition) is 6. The van der Waals surface area contributed by atoms with Gasteiger partial charge in [-0.1, -0.05) is 0 Å². The Balaban J connectivity index is 2.18. The summed E-state index contributed by atoms with van der Waals surface area (Å²) in [7, 11) is 1.39. The molecule has 2 heterocycles. The maximum Gasteiger partial charge on any atom is 0.409 e. The molecular formula is C22H38N2O5. The Morgan fingerprint density at radius 1 is 1.07 bits per heavy atom. The minimum atomic E-state index is -0.470. The minimum absolute atomic E-state index is 0.0193. The van der Waals surface area contributed by atoms with Crippen LogP contribution < -0.4 is 0 Å². The lowest BCUT2D eigenvalue weighted by molar-refractivity contribution is -0.146. The summed E-state index contributed by atoms with van der Waals surface area (Å²) in [5.74, 6) is -0.792. The molecule has 2 atom stereocenters. The number of ether oxygens (including phenoxy) is 2. The summed E-state index contributed by atoms with van der Waals surface area (Å²) >= 11 is 0. The van der Waals surface area contributed by atoms with E-state index in [0.717, 1.165) is 12.8 Å². The molecule has 2 rings (SSSR count). The number of nitrogens with zero attached hydrogens (tertiary/aromatic N) is 2. The average Bonchev–Trinajstić information content (AvgIpc) is 2.63. The third-order valence-corrected chi connectivity index (χ3v) is 6.64. The molecule has 2 fully saturated rings. The van der Waals surface area contributed by atoms with Crippen molar-refractivity contribution in [2.24, 2.45) is 5.92 Å². The number of hydrogen-bond donors (Lipinski definition) is 0. The van der Waals surface area contributed by atoms with Gasteiger partial charge >= 0.3 is 12.1 Å². The molecule has 0 radical (unpaired) electrons. The number of esters is 1. The van der Waals surface area contributed by atoms with Gasteiger partial charge in [0.25, 0.3) is 0 Å². The molecule has 1 amide bonds. The molecule has 0 bridgehead atoms. The zero-order valence-electron chi connectivity index (χ0n) is 19.0. The maximum absolute atomic E-state index is 12.7. The summed E-state index contributed by atoms with van der Waals surface area (Å²) in [6.07, 6.45) is 3.96. The van der Waals surface area contributed by atoms with Gasteiger partial charge in [0.05, 0.1) is 13.7 Å². The van der Waals surface area contributed by atoms with E-state index >= 15 is 0 Å². The number of ketones is 1. The maximum atomic E-state index is 12.7. The third kappa shape index (κ3) is 5.71. The summed E-state index contributed by atoms with van der Waals surface area (Å²) in [5.41, 5.74) is 0.0385. The Labute approximate surface area is 175 Å². The highest BCUT2D eigenvalue weighted by atomic mass is 16.5. The van der Waals surface area contributed by atoms with E-state index in [4.69, 9.17) is 9.47 Å². The highest BCUT2D eigenvalue weighted by Crippen LogP contribution is 2.39. The highest BCUT2D eigenvalue weighted by Gasteiger charge is 2.45. The quantitative estimate of drug-likeness (QED) is 0.493. The SMILES string of the molecule is CCOC(=O)CC(=O)C1CCN(C(=O)OC)C(CN2C(C)(C)CCCC2(C)C)C1.